The van der Waals surface area contributed by atoms with E-state index in [-0.39, 0.29) is 0 Å². The van der Waals surface area contributed by atoms with Crippen molar-refractivity contribution in [2.24, 2.45) is 0 Å². The van der Waals surface area contributed by atoms with E-state index in [2.05, 4.69) is 10.3 Å². The molecule has 0 aliphatic rings. The van der Waals surface area contributed by atoms with Crippen LogP contribution in [0.3, 0.4) is 0 Å². The van der Waals surface area contributed by atoms with Gasteiger partial charge in [0.1, 0.15) is 5.82 Å². The largest absolute Gasteiger partial charge is 0.397 e. The van der Waals surface area contributed by atoms with E-state index in [4.69, 9.17) is 17.3 Å². The Morgan fingerprint density at radius 3 is 2.65 bits per heavy atom. The normalized spacial score (nSPS) is 10.3. The van der Waals surface area contributed by atoms with E-state index in [9.17, 15) is 0 Å². The fourth-order valence-corrected chi connectivity index (χ4v) is 1.76. The molecule has 3 N–H and O–H groups in total. The Hall–Kier alpha value is -1.74. The molecule has 0 saturated heterocycles. The number of halogens is 1. The van der Waals surface area contributed by atoms with Crippen molar-refractivity contribution >= 4 is 28.8 Å². The van der Waals surface area contributed by atoms with E-state index < -0.39 is 0 Å². The molecule has 1 heterocycles. The number of benzene rings is 1. The molecule has 0 fully saturated rings. The fourth-order valence-electron chi connectivity index (χ4n) is 1.58. The fraction of sp³-hybridized carbons (Fsp3) is 0.154. The molecule has 2 rings (SSSR count). The summed E-state index contributed by atoms with van der Waals surface area (Å²) in [6.45, 7) is 3.98. The molecule has 0 radical (unpaired) electrons. The standard InChI is InChI=1S/C13H14ClN3/c1-8-3-4-10(14)6-12(8)17-13-9(2)5-11(15)7-16-13/h3-7H,15H2,1-2H3,(H,16,17). The number of nitrogen functional groups attached to an aromatic ring is 1. The maximum Gasteiger partial charge on any atom is 0.133 e. The second kappa shape index (κ2) is 4.63. The number of nitrogens with zero attached hydrogens (tertiary/aromatic N) is 1. The van der Waals surface area contributed by atoms with Crippen molar-refractivity contribution in [1.82, 2.24) is 4.98 Å². The van der Waals surface area contributed by atoms with Crippen molar-refractivity contribution in [3.05, 3.63) is 46.6 Å². The van der Waals surface area contributed by atoms with Gasteiger partial charge in [-0.15, -0.1) is 0 Å². The maximum atomic E-state index is 5.97. The van der Waals surface area contributed by atoms with E-state index in [0.29, 0.717) is 10.7 Å². The van der Waals surface area contributed by atoms with Gasteiger partial charge in [-0.25, -0.2) is 4.98 Å². The molecular weight excluding hydrogens is 234 g/mol. The molecule has 0 aliphatic carbocycles. The number of rotatable bonds is 2. The van der Waals surface area contributed by atoms with Crippen LogP contribution in [0.2, 0.25) is 5.02 Å². The summed E-state index contributed by atoms with van der Waals surface area (Å²) < 4.78 is 0. The van der Waals surface area contributed by atoms with Gasteiger partial charge in [-0.1, -0.05) is 17.7 Å². The van der Waals surface area contributed by atoms with Gasteiger partial charge in [-0.3, -0.25) is 0 Å². The first-order valence-electron chi connectivity index (χ1n) is 5.31. The third-order valence-corrected chi connectivity index (χ3v) is 2.79. The number of nitrogens with two attached hydrogens (primary N) is 1. The Labute approximate surface area is 106 Å². The Morgan fingerprint density at radius 2 is 1.94 bits per heavy atom. The first-order valence-corrected chi connectivity index (χ1v) is 5.69. The van der Waals surface area contributed by atoms with Crippen molar-refractivity contribution in [2.75, 3.05) is 11.1 Å². The van der Waals surface area contributed by atoms with Gasteiger partial charge in [0.2, 0.25) is 0 Å². The van der Waals surface area contributed by atoms with Crippen LogP contribution in [0.5, 0.6) is 0 Å². The summed E-state index contributed by atoms with van der Waals surface area (Å²) in [5, 5.41) is 3.96. The molecule has 0 atom stereocenters. The molecule has 88 valence electrons. The van der Waals surface area contributed by atoms with Crippen LogP contribution in [0.4, 0.5) is 17.2 Å². The smallest absolute Gasteiger partial charge is 0.133 e. The topological polar surface area (TPSA) is 50.9 Å². The van der Waals surface area contributed by atoms with Gasteiger partial charge in [0, 0.05) is 10.7 Å². The first kappa shape index (κ1) is 11.7. The van der Waals surface area contributed by atoms with Gasteiger partial charge >= 0.3 is 0 Å². The van der Waals surface area contributed by atoms with Gasteiger partial charge in [0.15, 0.2) is 0 Å². The number of anilines is 3. The molecule has 1 aromatic carbocycles. The number of aryl methyl sites for hydroxylation is 2. The molecule has 2 aromatic rings. The molecular formula is C13H14ClN3. The Bertz CT molecular complexity index is 552. The predicted molar refractivity (Wildman–Crippen MR) is 72.9 cm³/mol. The number of hydrogen-bond acceptors (Lipinski definition) is 3. The van der Waals surface area contributed by atoms with Gasteiger partial charge in [0.25, 0.3) is 0 Å². The van der Waals surface area contributed by atoms with Crippen LogP contribution in [0.15, 0.2) is 30.5 Å². The molecule has 1 aromatic heterocycles. The average Bonchev–Trinajstić information content (AvgIpc) is 2.27. The molecule has 0 saturated carbocycles. The summed E-state index contributed by atoms with van der Waals surface area (Å²) in [4.78, 5) is 4.26. The lowest BCUT2D eigenvalue weighted by Crippen LogP contribution is -1.99. The van der Waals surface area contributed by atoms with Crippen molar-refractivity contribution < 1.29 is 0 Å². The predicted octanol–water partition coefficient (Wildman–Crippen LogP) is 3.68. The van der Waals surface area contributed by atoms with Gasteiger partial charge in [-0.2, -0.15) is 0 Å². The molecule has 3 nitrogen and oxygen atoms in total. The van der Waals surface area contributed by atoms with Crippen LogP contribution >= 0.6 is 11.6 Å². The molecule has 0 aliphatic heterocycles. The van der Waals surface area contributed by atoms with E-state index in [1.165, 1.54) is 0 Å². The highest BCUT2D eigenvalue weighted by atomic mass is 35.5. The summed E-state index contributed by atoms with van der Waals surface area (Å²) in [6, 6.07) is 7.60. The summed E-state index contributed by atoms with van der Waals surface area (Å²) in [5.74, 6) is 0.796. The molecule has 4 heteroatoms. The third kappa shape index (κ3) is 2.68. The molecule has 0 bridgehead atoms. The lowest BCUT2D eigenvalue weighted by molar-refractivity contribution is 1.25. The Kier molecular flexibility index (Phi) is 3.20. The molecule has 0 spiro atoms. The number of hydrogen-bond donors (Lipinski definition) is 2. The van der Waals surface area contributed by atoms with Crippen molar-refractivity contribution in [2.45, 2.75) is 13.8 Å². The van der Waals surface area contributed by atoms with Crippen molar-refractivity contribution in [3.8, 4) is 0 Å². The quantitative estimate of drug-likeness (QED) is 0.851. The summed E-state index contributed by atoms with van der Waals surface area (Å²) in [7, 11) is 0. The second-order valence-electron chi connectivity index (χ2n) is 4.02. The summed E-state index contributed by atoms with van der Waals surface area (Å²) in [6.07, 6.45) is 1.63. The van der Waals surface area contributed by atoms with Crippen LogP contribution in [-0.2, 0) is 0 Å². The Morgan fingerprint density at radius 1 is 1.18 bits per heavy atom. The minimum atomic E-state index is 0.663. The zero-order valence-electron chi connectivity index (χ0n) is 9.79. The lowest BCUT2D eigenvalue weighted by atomic mass is 10.2. The van der Waals surface area contributed by atoms with Crippen LogP contribution in [0.1, 0.15) is 11.1 Å². The van der Waals surface area contributed by atoms with E-state index in [0.717, 1.165) is 22.6 Å². The lowest BCUT2D eigenvalue weighted by Gasteiger charge is -2.11. The van der Waals surface area contributed by atoms with Crippen LogP contribution in [-0.4, -0.2) is 4.98 Å². The zero-order chi connectivity index (χ0) is 12.4. The minimum absolute atomic E-state index is 0.663. The highest BCUT2D eigenvalue weighted by molar-refractivity contribution is 6.30. The average molecular weight is 248 g/mol. The molecule has 0 amide bonds. The first-order chi connectivity index (χ1) is 8.06. The second-order valence-corrected chi connectivity index (χ2v) is 4.45. The highest BCUT2D eigenvalue weighted by Gasteiger charge is 2.04. The van der Waals surface area contributed by atoms with Crippen molar-refractivity contribution in [1.29, 1.82) is 0 Å². The van der Waals surface area contributed by atoms with Gasteiger partial charge < -0.3 is 11.1 Å². The van der Waals surface area contributed by atoms with Gasteiger partial charge in [-0.05, 0) is 43.2 Å². The van der Waals surface area contributed by atoms with E-state index in [1.54, 1.807) is 6.20 Å². The van der Waals surface area contributed by atoms with Crippen LogP contribution in [0.25, 0.3) is 0 Å². The monoisotopic (exact) mass is 247 g/mol. The molecule has 0 unspecified atom stereocenters. The number of pyridine rings is 1. The summed E-state index contributed by atoms with van der Waals surface area (Å²) >= 11 is 5.97. The number of nitrogens with one attached hydrogen (secondary N) is 1. The van der Waals surface area contributed by atoms with E-state index >= 15 is 0 Å². The summed E-state index contributed by atoms with van der Waals surface area (Å²) in [5.41, 5.74) is 9.40. The van der Waals surface area contributed by atoms with E-state index in [1.807, 2.05) is 38.1 Å². The van der Waals surface area contributed by atoms with Crippen molar-refractivity contribution in [3.63, 3.8) is 0 Å². The Balaban J connectivity index is 2.34. The minimum Gasteiger partial charge on any atom is -0.397 e. The third-order valence-electron chi connectivity index (χ3n) is 2.55. The van der Waals surface area contributed by atoms with Gasteiger partial charge in [0.05, 0.1) is 11.9 Å². The molecule has 17 heavy (non-hydrogen) atoms. The van der Waals surface area contributed by atoms with Crippen LogP contribution in [0, 0.1) is 13.8 Å². The number of aromatic nitrogens is 1. The van der Waals surface area contributed by atoms with Crippen LogP contribution < -0.4 is 11.1 Å². The maximum absolute atomic E-state index is 5.97. The SMILES string of the molecule is Cc1ccc(Cl)cc1Nc1ncc(N)cc1C. The zero-order valence-corrected chi connectivity index (χ0v) is 10.5. The highest BCUT2D eigenvalue weighted by Crippen LogP contribution is 2.25.